The number of aliphatic carboxylic acids is 2. The van der Waals surface area contributed by atoms with Gasteiger partial charge in [-0.3, -0.25) is 28.8 Å². The number of rotatable bonds is 14. The van der Waals surface area contributed by atoms with Crippen LogP contribution in [0.2, 0.25) is 0 Å². The van der Waals surface area contributed by atoms with E-state index >= 15 is 0 Å². The summed E-state index contributed by atoms with van der Waals surface area (Å²) in [4.78, 5) is 81.1. The Bertz CT molecular complexity index is 770. The normalized spacial score (nSPS) is 15.2. The van der Waals surface area contributed by atoms with Crippen molar-refractivity contribution in [2.75, 3.05) is 0 Å². The highest BCUT2D eigenvalue weighted by atomic mass is 16.4. The predicted molar refractivity (Wildman–Crippen MR) is 103 cm³/mol. The third-order valence-corrected chi connectivity index (χ3v) is 3.85. The molecule has 0 aromatic carbocycles. The van der Waals surface area contributed by atoms with Gasteiger partial charge in [0.2, 0.25) is 29.5 Å². The third-order valence-electron chi connectivity index (χ3n) is 3.85. The first-order valence-electron chi connectivity index (χ1n) is 9.01. The van der Waals surface area contributed by atoms with Crippen LogP contribution in [-0.4, -0.2) is 87.1 Å². The van der Waals surface area contributed by atoms with Crippen molar-refractivity contribution in [1.82, 2.24) is 16.0 Å². The zero-order valence-corrected chi connectivity index (χ0v) is 16.9. The van der Waals surface area contributed by atoms with Crippen molar-refractivity contribution >= 4 is 41.5 Å². The lowest BCUT2D eigenvalue weighted by atomic mass is 10.1. The van der Waals surface area contributed by atoms with Gasteiger partial charge >= 0.3 is 11.9 Å². The van der Waals surface area contributed by atoms with Crippen LogP contribution in [-0.2, 0) is 33.6 Å². The molecule has 5 unspecified atom stereocenters. The van der Waals surface area contributed by atoms with E-state index in [0.717, 1.165) is 6.92 Å². The highest BCUT2D eigenvalue weighted by Gasteiger charge is 2.33. The number of hydrogen-bond acceptors (Lipinski definition) is 9. The first kappa shape index (κ1) is 28.2. The molecule has 16 nitrogen and oxygen atoms in total. The lowest BCUT2D eigenvalue weighted by Crippen LogP contribution is -2.59. The number of nitrogens with one attached hydrogen (secondary N) is 3. The number of aliphatic hydroxyl groups excluding tert-OH is 1. The van der Waals surface area contributed by atoms with Gasteiger partial charge in [0.15, 0.2) is 6.04 Å². The average Bonchev–Trinajstić information content (AvgIpc) is 2.62. The van der Waals surface area contributed by atoms with E-state index in [0.29, 0.717) is 0 Å². The molecule has 12 N–H and O–H groups in total. The van der Waals surface area contributed by atoms with E-state index in [2.05, 4.69) is 0 Å². The molecule has 0 aliphatic rings. The second-order valence-electron chi connectivity index (χ2n) is 6.73. The van der Waals surface area contributed by atoms with Crippen molar-refractivity contribution in [2.45, 2.75) is 56.5 Å². The molecule has 180 valence electrons. The number of carboxylic acids is 2. The van der Waals surface area contributed by atoms with Crippen LogP contribution < -0.4 is 33.2 Å². The number of carboxylic acid groups (broad SMARTS) is 2. The van der Waals surface area contributed by atoms with Gasteiger partial charge in [0.25, 0.3) is 0 Å². The Morgan fingerprint density at radius 2 is 1.19 bits per heavy atom. The van der Waals surface area contributed by atoms with Gasteiger partial charge in [-0.25, -0.2) is 4.79 Å². The maximum absolute atomic E-state index is 12.5. The molecule has 0 aliphatic heterocycles. The van der Waals surface area contributed by atoms with Crippen molar-refractivity contribution < 1.29 is 48.9 Å². The Morgan fingerprint density at radius 3 is 1.59 bits per heavy atom. The van der Waals surface area contributed by atoms with Crippen LogP contribution in [0.3, 0.4) is 0 Å². The van der Waals surface area contributed by atoms with Crippen LogP contribution >= 0.6 is 0 Å². The number of aliphatic hydroxyl groups is 1. The first-order valence-corrected chi connectivity index (χ1v) is 9.01. The Balaban J connectivity index is 5.56. The molecule has 0 heterocycles. The molecule has 32 heavy (non-hydrogen) atoms. The number of primary amides is 2. The summed E-state index contributed by atoms with van der Waals surface area (Å²) < 4.78 is 0. The maximum Gasteiger partial charge on any atom is 0.328 e. The van der Waals surface area contributed by atoms with Crippen LogP contribution in [0.4, 0.5) is 0 Å². The molecule has 0 saturated carbocycles. The van der Waals surface area contributed by atoms with E-state index in [9.17, 15) is 38.7 Å². The van der Waals surface area contributed by atoms with Crippen LogP contribution in [0.15, 0.2) is 0 Å². The van der Waals surface area contributed by atoms with Crippen molar-refractivity contribution in [3.8, 4) is 0 Å². The topological polar surface area (TPSA) is 294 Å². The average molecular weight is 462 g/mol. The Kier molecular flexibility index (Phi) is 11.3. The van der Waals surface area contributed by atoms with Gasteiger partial charge in [-0.1, -0.05) is 0 Å². The Labute approximate surface area is 180 Å². The number of nitrogens with two attached hydrogens (primary N) is 3. The van der Waals surface area contributed by atoms with Gasteiger partial charge in [-0.05, 0) is 6.92 Å². The molecular formula is C16H26N6O10. The lowest BCUT2D eigenvalue weighted by Gasteiger charge is -2.24. The van der Waals surface area contributed by atoms with Crippen molar-refractivity contribution in [3.05, 3.63) is 0 Å². The summed E-state index contributed by atoms with van der Waals surface area (Å²) in [6, 6.07) is -6.86. The zero-order valence-electron chi connectivity index (χ0n) is 16.9. The Hall–Kier alpha value is -3.79. The molecule has 0 saturated heterocycles. The molecule has 0 aliphatic carbocycles. The lowest BCUT2D eigenvalue weighted by molar-refractivity contribution is -0.146. The smallest absolute Gasteiger partial charge is 0.328 e. The molecule has 0 aromatic heterocycles. The monoisotopic (exact) mass is 462 g/mol. The standard InChI is InChI=1S/C16H26N6O10/c1-5(23)12(16(31)32)22-15(30)8(4-11(26)27)21-14(29)7(3-10(19)25)20-13(28)6(17)2-9(18)24/h5-8,12,23H,2-4,17H2,1H3,(H2,18,24)(H2,19,25)(H,20,28)(H,21,29)(H,22,30)(H,26,27)(H,31,32). The summed E-state index contributed by atoms with van der Waals surface area (Å²) in [5.74, 6) is -8.74. The molecule has 0 bridgehead atoms. The van der Waals surface area contributed by atoms with E-state index < -0.39 is 91.0 Å². The molecule has 0 fully saturated rings. The second-order valence-corrected chi connectivity index (χ2v) is 6.73. The molecule has 16 heteroatoms. The van der Waals surface area contributed by atoms with E-state index in [-0.39, 0.29) is 0 Å². The highest BCUT2D eigenvalue weighted by molar-refractivity contribution is 5.97. The minimum absolute atomic E-state index is 0.587. The van der Waals surface area contributed by atoms with E-state index in [1.54, 1.807) is 0 Å². The zero-order chi connectivity index (χ0) is 25.2. The summed E-state index contributed by atoms with van der Waals surface area (Å²) in [6.45, 7) is 1.05. The summed E-state index contributed by atoms with van der Waals surface area (Å²) in [6.07, 6.45) is -3.95. The summed E-state index contributed by atoms with van der Waals surface area (Å²) in [5.41, 5.74) is 15.4. The maximum atomic E-state index is 12.5. The molecular weight excluding hydrogens is 436 g/mol. The fourth-order valence-electron chi connectivity index (χ4n) is 2.30. The second kappa shape index (κ2) is 12.8. The van der Waals surface area contributed by atoms with Crippen LogP contribution in [0.5, 0.6) is 0 Å². The highest BCUT2D eigenvalue weighted by Crippen LogP contribution is 2.02. The van der Waals surface area contributed by atoms with Crippen molar-refractivity contribution in [3.63, 3.8) is 0 Å². The fraction of sp³-hybridized carbons (Fsp3) is 0.562. The predicted octanol–water partition coefficient (Wildman–Crippen LogP) is -5.54. The van der Waals surface area contributed by atoms with Crippen LogP contribution in [0.25, 0.3) is 0 Å². The van der Waals surface area contributed by atoms with Crippen molar-refractivity contribution in [1.29, 1.82) is 0 Å². The number of amides is 5. The van der Waals surface area contributed by atoms with Gasteiger partial charge in [0, 0.05) is 0 Å². The Morgan fingerprint density at radius 1 is 0.750 bits per heavy atom. The quantitative estimate of drug-likeness (QED) is 0.117. The molecule has 0 aromatic rings. The largest absolute Gasteiger partial charge is 0.481 e. The van der Waals surface area contributed by atoms with Gasteiger partial charge < -0.3 is 48.5 Å². The third kappa shape index (κ3) is 10.3. The van der Waals surface area contributed by atoms with E-state index in [4.69, 9.17) is 27.4 Å². The first-order chi connectivity index (χ1) is 14.6. The summed E-state index contributed by atoms with van der Waals surface area (Å²) in [7, 11) is 0. The van der Waals surface area contributed by atoms with Gasteiger partial charge in [-0.2, -0.15) is 0 Å². The minimum Gasteiger partial charge on any atom is -0.481 e. The number of carbonyl (C=O) groups excluding carboxylic acids is 5. The van der Waals surface area contributed by atoms with E-state index in [1.807, 2.05) is 16.0 Å². The van der Waals surface area contributed by atoms with Crippen molar-refractivity contribution in [2.24, 2.45) is 17.2 Å². The summed E-state index contributed by atoms with van der Waals surface area (Å²) in [5, 5.41) is 33.3. The van der Waals surface area contributed by atoms with Crippen LogP contribution in [0.1, 0.15) is 26.2 Å². The SMILES string of the molecule is CC(O)C(NC(=O)C(CC(=O)O)NC(=O)C(CC(N)=O)NC(=O)C(N)CC(N)=O)C(=O)O. The summed E-state index contributed by atoms with van der Waals surface area (Å²) >= 11 is 0. The van der Waals surface area contributed by atoms with Gasteiger partial charge in [0.1, 0.15) is 12.1 Å². The number of carbonyl (C=O) groups is 7. The molecule has 0 radical (unpaired) electrons. The van der Waals surface area contributed by atoms with Gasteiger partial charge in [-0.15, -0.1) is 0 Å². The number of hydrogen-bond donors (Lipinski definition) is 9. The molecule has 0 spiro atoms. The molecule has 5 amide bonds. The molecule has 0 rings (SSSR count). The molecule has 5 atom stereocenters. The fourth-order valence-corrected chi connectivity index (χ4v) is 2.30. The van der Waals surface area contributed by atoms with E-state index in [1.165, 1.54) is 0 Å². The minimum atomic E-state index is -1.85. The van der Waals surface area contributed by atoms with Gasteiger partial charge in [0.05, 0.1) is 31.4 Å². The van der Waals surface area contributed by atoms with Crippen LogP contribution in [0, 0.1) is 0 Å².